The van der Waals surface area contributed by atoms with Gasteiger partial charge in [0, 0.05) is 126 Å². The number of hydrogen-bond acceptors (Lipinski definition) is 17. The zero-order valence-electron chi connectivity index (χ0n) is 73.5. The number of thioether (sulfide) groups is 2. The third-order valence-electron chi connectivity index (χ3n) is 18.0. The summed E-state index contributed by atoms with van der Waals surface area (Å²) in [6.45, 7) is 57.2. The normalized spacial score (nSPS) is 22.0. The summed E-state index contributed by atoms with van der Waals surface area (Å²) in [4.78, 5) is 30.3. The van der Waals surface area contributed by atoms with Crippen LogP contribution in [0.1, 0.15) is 268 Å². The molecular weight excluding hydrogens is 1500 g/mol. The molecule has 0 saturated carbocycles. The van der Waals surface area contributed by atoms with Gasteiger partial charge in [-0.05, 0) is 146 Å². The Morgan fingerprint density at radius 1 is 0.591 bits per heavy atom. The van der Waals surface area contributed by atoms with Crippen molar-refractivity contribution in [3.8, 4) is 31.1 Å². The number of aliphatic hydroxyl groups excluding tert-OH is 3. The Balaban J connectivity index is 0.00000124. The monoisotopic (exact) mass is 1650 g/mol. The molecule has 3 N–H and O–H groups in total. The number of sulfone groups is 2. The lowest BCUT2D eigenvalue weighted by Gasteiger charge is -2.36. The van der Waals surface area contributed by atoms with Gasteiger partial charge in [-0.2, -0.15) is 36.3 Å². The molecule has 634 valence electrons. The van der Waals surface area contributed by atoms with Crippen molar-refractivity contribution >= 4 is 91.9 Å². The van der Waals surface area contributed by atoms with E-state index in [1.165, 1.54) is 55.8 Å². The van der Waals surface area contributed by atoms with E-state index < -0.39 is 51.4 Å². The number of carbonyl (C=O) groups excluding carboxylic acids is 1. The van der Waals surface area contributed by atoms with E-state index in [1.54, 1.807) is 35.0 Å². The number of terminal acetylenes is 2. The Hall–Kier alpha value is -3.94. The summed E-state index contributed by atoms with van der Waals surface area (Å²) in [5.74, 6) is 8.42. The number of carbonyl (C=O) groups is 1. The Labute approximate surface area is 681 Å². The predicted octanol–water partition coefficient (Wildman–Crippen LogP) is 16.1. The van der Waals surface area contributed by atoms with Crippen LogP contribution in [0, 0.1) is 74.3 Å². The molecule has 1 aromatic rings. The number of aliphatic imine (C=N–C) groups is 3. The smallest absolute Gasteiger partial charge is 0.211 e. The number of benzene rings is 1. The van der Waals surface area contributed by atoms with Gasteiger partial charge in [-0.15, -0.1) is 11.8 Å². The number of nitriles is 1. The lowest BCUT2D eigenvalue weighted by atomic mass is 9.85. The number of β-amino-alcohol motifs (C(OH)–C–C–N with tert-alkyl or cyclic N) is 3. The van der Waals surface area contributed by atoms with Crippen molar-refractivity contribution in [2.75, 3.05) is 88.9 Å². The Kier molecular flexibility index (Phi) is 44.5. The summed E-state index contributed by atoms with van der Waals surface area (Å²) >= 11 is 3.73. The summed E-state index contributed by atoms with van der Waals surface area (Å²) in [6.07, 6.45) is 32.8. The van der Waals surface area contributed by atoms with Crippen molar-refractivity contribution < 1.29 is 49.6 Å². The van der Waals surface area contributed by atoms with Gasteiger partial charge >= 0.3 is 0 Å². The number of hydrogen-bond donors (Lipinski definition) is 3. The highest BCUT2D eigenvalue weighted by atomic mass is 32.3. The highest BCUT2D eigenvalue weighted by Gasteiger charge is 2.37. The third-order valence-corrected chi connectivity index (χ3v) is 27.5. The van der Waals surface area contributed by atoms with Gasteiger partial charge in [-0.1, -0.05) is 203 Å². The molecule has 0 aromatic heterocycles. The van der Waals surface area contributed by atoms with Gasteiger partial charge in [0.05, 0.1) is 39.3 Å². The second-order valence-corrected chi connectivity index (χ2v) is 51.7. The lowest BCUT2D eigenvalue weighted by molar-refractivity contribution is -0.120. The fraction of sp³-hybridized carbons (Fsp3) is 0.788. The first-order chi connectivity index (χ1) is 49.6. The molecule has 5 fully saturated rings. The summed E-state index contributed by atoms with van der Waals surface area (Å²) in [5.41, 5.74) is 3.53. The lowest BCUT2D eigenvalue weighted by Crippen LogP contribution is -2.49. The first-order valence-electron chi connectivity index (χ1n) is 39.1. The fourth-order valence-electron chi connectivity index (χ4n) is 12.2. The maximum atomic E-state index is 11.7. The zero-order valence-corrected chi connectivity index (χ0v) is 78.4. The molecule has 0 spiro atoms. The summed E-state index contributed by atoms with van der Waals surface area (Å²) in [7, 11) is -10.7. The number of nitrogens with zero attached hydrogens (tertiary/aromatic N) is 8. The molecule has 110 heavy (non-hydrogen) atoms. The molecule has 5 saturated heterocycles. The van der Waals surface area contributed by atoms with E-state index in [0.717, 1.165) is 94.7 Å². The molecular formula is C85H152N8O11S6. The van der Waals surface area contributed by atoms with Crippen LogP contribution in [0.15, 0.2) is 55.8 Å². The quantitative estimate of drug-likeness (QED) is 0.0464. The average molecular weight is 1650 g/mol. The van der Waals surface area contributed by atoms with Crippen molar-refractivity contribution in [2.24, 2.45) is 52.9 Å². The van der Waals surface area contributed by atoms with E-state index in [4.69, 9.17) is 18.1 Å². The first kappa shape index (κ1) is 106. The molecule has 0 radical (unpaired) electrons. The number of sulfonamides is 1. The van der Waals surface area contributed by atoms with E-state index in [2.05, 4.69) is 215 Å². The summed E-state index contributed by atoms with van der Waals surface area (Å²) in [6, 6.07) is 11.9. The SMILES string of the molecule is C#CN=C(CC(C)(C)C)N1CCCC1.C#CN=C(CC(C)(C)C)N1CC[C@H](O)C1.C=S(C)(=O)C1CCC(C(C)(C)C)S1.CC(C)(C)C1=CCCN(S(C)(=O)=O)C1.CC(C)(C)CC(=NC#N)N1C[C@H](O)C[C@H](O)C1.CC(C)(C)CC(=O)C1CCCS1.CC(C)(C)CCCS(C)(=O)=O.CC(C)(C)c1cccc(S(C)(=O)=O)c1. The number of aliphatic hydroxyl groups is 3. The predicted molar refractivity (Wildman–Crippen MR) is 474 cm³/mol. The van der Waals surface area contributed by atoms with Gasteiger partial charge in [0.25, 0.3) is 0 Å². The second-order valence-electron chi connectivity index (χ2n) is 39.7. The van der Waals surface area contributed by atoms with E-state index in [-0.39, 0.29) is 48.6 Å². The Morgan fingerprint density at radius 3 is 1.43 bits per heavy atom. The van der Waals surface area contributed by atoms with Crippen LogP contribution in [0.25, 0.3) is 0 Å². The van der Waals surface area contributed by atoms with Crippen molar-refractivity contribution in [2.45, 2.75) is 306 Å². The molecule has 7 rings (SSSR count). The summed E-state index contributed by atoms with van der Waals surface area (Å²) in [5, 5.41) is 38.4. The van der Waals surface area contributed by atoms with Crippen molar-refractivity contribution in [3.05, 3.63) is 41.5 Å². The van der Waals surface area contributed by atoms with Crippen LogP contribution < -0.4 is 0 Å². The number of piperidine rings is 1. The van der Waals surface area contributed by atoms with Crippen LogP contribution in [-0.2, 0) is 49.4 Å². The molecule has 6 heterocycles. The van der Waals surface area contributed by atoms with Gasteiger partial charge in [0.2, 0.25) is 16.2 Å². The van der Waals surface area contributed by atoms with E-state index in [9.17, 15) is 49.6 Å². The maximum Gasteiger partial charge on any atom is 0.211 e. The van der Waals surface area contributed by atoms with Crippen molar-refractivity contribution in [1.29, 1.82) is 5.26 Å². The molecule has 25 heteroatoms. The topological polar surface area (TPSA) is 271 Å². The molecule has 0 amide bonds. The highest BCUT2D eigenvalue weighted by molar-refractivity contribution is 8.17. The highest BCUT2D eigenvalue weighted by Crippen LogP contribution is 2.45. The molecule has 0 bridgehead atoms. The largest absolute Gasteiger partial charge is 0.391 e. The Bertz CT molecular complexity index is 3700. The number of amidine groups is 3. The molecule has 7 atom stereocenters. The summed E-state index contributed by atoms with van der Waals surface area (Å²) < 4.78 is 80.3. The molecule has 19 nitrogen and oxygen atoms in total. The van der Waals surface area contributed by atoms with Crippen LogP contribution in [0.3, 0.4) is 0 Å². The minimum atomic E-state index is -3.09. The maximum absolute atomic E-state index is 11.7. The minimum absolute atomic E-state index is 0.0132. The van der Waals surface area contributed by atoms with Gasteiger partial charge in [-0.25, -0.2) is 25.3 Å². The number of ketones is 1. The Morgan fingerprint density at radius 2 is 1.07 bits per heavy atom. The van der Waals surface area contributed by atoms with Crippen LogP contribution >= 0.6 is 23.5 Å². The molecule has 4 unspecified atom stereocenters. The van der Waals surface area contributed by atoms with E-state index in [0.29, 0.717) is 83.7 Å². The minimum Gasteiger partial charge on any atom is -0.391 e. The standard InChI is InChI=1S/C12H21N3O2.C12H20N2O.C12H20N2.C11H16O2S.C10H19NO2S.C10H20OS2.C10H18OS.C8H18O2S/c1-12(2,3)5-11(14-8-13)15-6-9(16)4-10(17)7-15;1-5-13-11(8-12(2,3)4)14-7-6-10(15)9-14;1-5-13-11(10-12(2,3)4)14-8-6-7-9-14;1-11(2,3)9-6-5-7-10(8-9)14(4,12)13;1-10(2,3)9-6-5-7-11(8-9)14(4,12)13;1-10(2,3)8-6-7-9(12-8)13(4,5)11;1-10(2,3)7-8(11)9-5-4-6-12-9;1-8(2,3)6-5-7-11(4,9)10/h9-10,16-17H,4-7H2,1-3H3;1,10,15H,6-9H2,2-4H3;1H,6-10H2,2-4H3;5-8H,1-4H3;6H,5,7-8H2,1-4H3;8-9H,4,6-7H2,1-3,5H3;9H,4-7H2,1-3H3;5-7H2,1-4H3/t9-,10+;10-;;;;;;/m.0....../s1. The van der Waals surface area contributed by atoms with Crippen molar-refractivity contribution in [3.63, 3.8) is 0 Å². The molecule has 6 aliphatic rings. The van der Waals surface area contributed by atoms with Gasteiger partial charge < -0.3 is 30.0 Å². The average Bonchev–Trinajstić information content (AvgIpc) is 1.26. The molecule has 1 aromatic carbocycles. The van der Waals surface area contributed by atoms with Gasteiger partial charge in [0.1, 0.15) is 33.1 Å². The van der Waals surface area contributed by atoms with E-state index >= 15 is 0 Å². The van der Waals surface area contributed by atoms with Crippen LogP contribution in [0.2, 0.25) is 0 Å². The number of likely N-dealkylation sites (tertiary alicyclic amines) is 3. The number of Topliss-reactive ketones (excluding diaryl/α,β-unsaturated/α-hetero) is 1. The van der Waals surface area contributed by atoms with Crippen LogP contribution in [-0.4, -0.2) is 215 Å². The van der Waals surface area contributed by atoms with Gasteiger partial charge in [0.15, 0.2) is 9.84 Å². The van der Waals surface area contributed by atoms with Crippen LogP contribution in [0.4, 0.5) is 0 Å². The third kappa shape index (κ3) is 49.7. The second kappa shape index (κ2) is 46.1. The molecule has 0 aliphatic carbocycles. The fourth-order valence-corrected chi connectivity index (χ4v) is 18.8. The van der Waals surface area contributed by atoms with Crippen molar-refractivity contribution in [1.82, 2.24) is 19.0 Å². The van der Waals surface area contributed by atoms with Gasteiger partial charge in [-0.3, -0.25) is 9.00 Å². The van der Waals surface area contributed by atoms with E-state index in [1.807, 2.05) is 34.5 Å². The van der Waals surface area contributed by atoms with Crippen LogP contribution in [0.5, 0.6) is 0 Å². The number of rotatable bonds is 11. The molecule has 6 aliphatic heterocycles. The first-order valence-corrected chi connectivity index (χ1v) is 49.1. The zero-order chi connectivity index (χ0) is 85.7.